The van der Waals surface area contributed by atoms with Crippen molar-refractivity contribution in [3.8, 4) is 11.5 Å². The second-order valence-corrected chi connectivity index (χ2v) is 7.27. The lowest BCUT2D eigenvalue weighted by Gasteiger charge is -2.37. The molecule has 3 aromatic carbocycles. The van der Waals surface area contributed by atoms with Crippen molar-refractivity contribution in [3.63, 3.8) is 0 Å². The summed E-state index contributed by atoms with van der Waals surface area (Å²) in [6, 6.07) is 24.7. The van der Waals surface area contributed by atoms with Crippen molar-refractivity contribution in [1.29, 1.82) is 0 Å². The number of hydrogen-bond donors (Lipinski definition) is 0. The first-order valence-electron chi connectivity index (χ1n) is 9.13. The highest BCUT2D eigenvalue weighted by atomic mass is 16.7. The first-order chi connectivity index (χ1) is 13.1. The summed E-state index contributed by atoms with van der Waals surface area (Å²) < 4.78 is 18.2. The first-order valence-corrected chi connectivity index (χ1v) is 9.13. The Morgan fingerprint density at radius 3 is 2.11 bits per heavy atom. The van der Waals surface area contributed by atoms with Crippen LogP contribution in [0.2, 0.25) is 0 Å². The zero-order valence-corrected chi connectivity index (χ0v) is 15.4. The SMILES string of the molecule is CC1(C)OC(c2ccccc2)=C(c2ccccc2)c2c1ccc1c2OCO1. The van der Waals surface area contributed by atoms with Crippen molar-refractivity contribution in [2.75, 3.05) is 6.79 Å². The quantitative estimate of drug-likeness (QED) is 0.598. The highest BCUT2D eigenvalue weighted by Gasteiger charge is 2.39. The van der Waals surface area contributed by atoms with Gasteiger partial charge < -0.3 is 14.2 Å². The van der Waals surface area contributed by atoms with Gasteiger partial charge in [0.05, 0.1) is 0 Å². The molecule has 0 spiro atoms. The van der Waals surface area contributed by atoms with E-state index in [1.807, 2.05) is 42.5 Å². The lowest BCUT2D eigenvalue weighted by molar-refractivity contribution is 0.0717. The van der Waals surface area contributed by atoms with Gasteiger partial charge in [-0.25, -0.2) is 0 Å². The summed E-state index contributed by atoms with van der Waals surface area (Å²) in [5.74, 6) is 2.45. The molecule has 0 saturated heterocycles. The average Bonchev–Trinajstić information content (AvgIpc) is 3.18. The monoisotopic (exact) mass is 356 g/mol. The molecule has 0 unspecified atom stereocenters. The van der Waals surface area contributed by atoms with E-state index < -0.39 is 5.60 Å². The minimum absolute atomic E-state index is 0.246. The van der Waals surface area contributed by atoms with Gasteiger partial charge in [0, 0.05) is 22.3 Å². The summed E-state index contributed by atoms with van der Waals surface area (Å²) in [5, 5.41) is 0. The lowest BCUT2D eigenvalue weighted by Crippen LogP contribution is -2.27. The van der Waals surface area contributed by atoms with Crippen LogP contribution in [0.5, 0.6) is 11.5 Å². The molecule has 2 aliphatic rings. The van der Waals surface area contributed by atoms with E-state index in [0.29, 0.717) is 0 Å². The smallest absolute Gasteiger partial charge is 0.231 e. The van der Waals surface area contributed by atoms with Crippen molar-refractivity contribution >= 4 is 11.3 Å². The van der Waals surface area contributed by atoms with E-state index in [1.54, 1.807) is 0 Å². The van der Waals surface area contributed by atoms with Crippen molar-refractivity contribution in [3.05, 3.63) is 95.1 Å². The molecule has 3 nitrogen and oxygen atoms in total. The molecule has 134 valence electrons. The standard InChI is InChI=1S/C24H20O3/c1-24(2)18-13-14-19-23(26-15-25-19)21(18)20(16-9-5-3-6-10-16)22(27-24)17-11-7-4-8-12-17/h3-14H,15H2,1-2H3. The maximum absolute atomic E-state index is 6.60. The Labute approximate surface area is 158 Å². The molecule has 5 rings (SSSR count). The topological polar surface area (TPSA) is 27.7 Å². The Morgan fingerprint density at radius 2 is 1.41 bits per heavy atom. The third-order valence-electron chi connectivity index (χ3n) is 5.12. The van der Waals surface area contributed by atoms with Crippen molar-refractivity contribution in [1.82, 2.24) is 0 Å². The first kappa shape index (κ1) is 16.0. The third kappa shape index (κ3) is 2.50. The van der Waals surface area contributed by atoms with Crippen LogP contribution < -0.4 is 9.47 Å². The van der Waals surface area contributed by atoms with Crippen LogP contribution in [0.1, 0.15) is 36.1 Å². The van der Waals surface area contributed by atoms with Gasteiger partial charge in [-0.3, -0.25) is 0 Å². The van der Waals surface area contributed by atoms with Gasteiger partial charge in [-0.15, -0.1) is 0 Å². The molecule has 3 aromatic rings. The summed E-state index contributed by atoms with van der Waals surface area (Å²) in [6.45, 7) is 4.44. The Balaban J connectivity index is 1.89. The van der Waals surface area contributed by atoms with Crippen LogP contribution in [0, 0.1) is 0 Å². The molecule has 0 N–H and O–H groups in total. The molecule has 0 atom stereocenters. The van der Waals surface area contributed by atoms with E-state index in [2.05, 4.69) is 44.2 Å². The minimum atomic E-state index is -0.486. The number of hydrogen-bond acceptors (Lipinski definition) is 3. The highest BCUT2D eigenvalue weighted by molar-refractivity contribution is 6.00. The van der Waals surface area contributed by atoms with E-state index in [9.17, 15) is 0 Å². The van der Waals surface area contributed by atoms with E-state index in [1.165, 1.54) is 0 Å². The minimum Gasteiger partial charge on any atom is -0.482 e. The second kappa shape index (κ2) is 5.92. The van der Waals surface area contributed by atoms with Crippen molar-refractivity contribution in [2.45, 2.75) is 19.4 Å². The maximum Gasteiger partial charge on any atom is 0.231 e. The van der Waals surface area contributed by atoms with E-state index in [4.69, 9.17) is 14.2 Å². The Morgan fingerprint density at radius 1 is 0.741 bits per heavy atom. The van der Waals surface area contributed by atoms with Gasteiger partial charge in [-0.05, 0) is 25.5 Å². The number of benzene rings is 3. The highest BCUT2D eigenvalue weighted by Crippen LogP contribution is 2.53. The van der Waals surface area contributed by atoms with E-state index >= 15 is 0 Å². The fourth-order valence-electron chi connectivity index (χ4n) is 3.87. The molecule has 0 aliphatic carbocycles. The van der Waals surface area contributed by atoms with Gasteiger partial charge in [0.15, 0.2) is 11.5 Å². The zero-order chi connectivity index (χ0) is 18.4. The van der Waals surface area contributed by atoms with Crippen LogP contribution in [0.15, 0.2) is 72.8 Å². The maximum atomic E-state index is 6.60. The van der Waals surface area contributed by atoms with E-state index in [-0.39, 0.29) is 6.79 Å². The number of ether oxygens (including phenoxy) is 3. The van der Waals surface area contributed by atoms with Crippen LogP contribution >= 0.6 is 0 Å². The van der Waals surface area contributed by atoms with Gasteiger partial charge >= 0.3 is 0 Å². The number of rotatable bonds is 2. The molecule has 27 heavy (non-hydrogen) atoms. The molecular formula is C24H20O3. The molecule has 0 saturated carbocycles. The van der Waals surface area contributed by atoms with Crippen LogP contribution in [0.4, 0.5) is 0 Å². The van der Waals surface area contributed by atoms with Gasteiger partial charge in [0.2, 0.25) is 6.79 Å². The predicted octanol–water partition coefficient (Wildman–Crippen LogP) is 5.60. The molecule has 0 radical (unpaired) electrons. The number of fused-ring (bicyclic) bond motifs is 3. The summed E-state index contributed by atoms with van der Waals surface area (Å²) in [6.07, 6.45) is 0. The normalized spacial score (nSPS) is 16.7. The van der Waals surface area contributed by atoms with Gasteiger partial charge in [0.25, 0.3) is 0 Å². The average molecular weight is 356 g/mol. The Bertz CT molecular complexity index is 1030. The lowest BCUT2D eigenvalue weighted by atomic mass is 9.81. The Kier molecular flexibility index (Phi) is 3.51. The summed E-state index contributed by atoms with van der Waals surface area (Å²) >= 11 is 0. The molecule has 0 fully saturated rings. The molecule has 3 heteroatoms. The van der Waals surface area contributed by atoms with Crippen molar-refractivity contribution in [2.24, 2.45) is 0 Å². The van der Waals surface area contributed by atoms with E-state index in [0.717, 1.165) is 45.1 Å². The fourth-order valence-corrected chi connectivity index (χ4v) is 3.87. The summed E-state index contributed by atoms with van der Waals surface area (Å²) in [7, 11) is 0. The molecule has 0 bridgehead atoms. The zero-order valence-electron chi connectivity index (χ0n) is 15.4. The van der Waals surface area contributed by atoms with Crippen LogP contribution in [-0.2, 0) is 10.3 Å². The van der Waals surface area contributed by atoms with Crippen LogP contribution in [-0.4, -0.2) is 6.79 Å². The summed E-state index contributed by atoms with van der Waals surface area (Å²) in [4.78, 5) is 0. The van der Waals surface area contributed by atoms with Gasteiger partial charge in [-0.2, -0.15) is 0 Å². The van der Waals surface area contributed by atoms with Gasteiger partial charge in [0.1, 0.15) is 11.4 Å². The molecule has 2 heterocycles. The third-order valence-corrected chi connectivity index (χ3v) is 5.12. The predicted molar refractivity (Wildman–Crippen MR) is 105 cm³/mol. The van der Waals surface area contributed by atoms with Gasteiger partial charge in [-0.1, -0.05) is 66.7 Å². The molecular weight excluding hydrogens is 336 g/mol. The van der Waals surface area contributed by atoms with Crippen molar-refractivity contribution < 1.29 is 14.2 Å². The fraction of sp³-hybridized carbons (Fsp3) is 0.167. The largest absolute Gasteiger partial charge is 0.482 e. The summed E-state index contributed by atoms with van der Waals surface area (Å²) in [5.41, 5.74) is 4.86. The van der Waals surface area contributed by atoms with Crippen LogP contribution in [0.3, 0.4) is 0 Å². The van der Waals surface area contributed by atoms with Crippen LogP contribution in [0.25, 0.3) is 11.3 Å². The second-order valence-electron chi connectivity index (χ2n) is 7.27. The Hall–Kier alpha value is -3.20. The molecule has 0 aromatic heterocycles. The molecule has 2 aliphatic heterocycles. The molecule has 0 amide bonds.